The highest BCUT2D eigenvalue weighted by Crippen LogP contribution is 2.13. The summed E-state index contributed by atoms with van der Waals surface area (Å²) in [4.78, 5) is 61.1. The zero-order valence-corrected chi connectivity index (χ0v) is 21.3. The van der Waals surface area contributed by atoms with Crippen molar-refractivity contribution in [1.82, 2.24) is 16.0 Å². The molecule has 2 aromatic carbocycles. The van der Waals surface area contributed by atoms with Crippen LogP contribution in [0.4, 0.5) is 0 Å². The van der Waals surface area contributed by atoms with Crippen LogP contribution in [0.1, 0.15) is 30.9 Å². The second-order valence-electron chi connectivity index (χ2n) is 9.04. The number of aliphatic carboxylic acids is 1. The molecule has 0 saturated heterocycles. The number of carboxylic acid groups (broad SMARTS) is 1. The van der Waals surface area contributed by atoms with Crippen LogP contribution < -0.4 is 27.4 Å². The van der Waals surface area contributed by atoms with Crippen LogP contribution in [0, 0.1) is 0 Å². The third-order valence-electron chi connectivity index (χ3n) is 5.78. The summed E-state index contributed by atoms with van der Waals surface area (Å²) in [6.45, 7) is 1.39. The van der Waals surface area contributed by atoms with Crippen LogP contribution in [0.25, 0.3) is 0 Å². The minimum atomic E-state index is -1.43. The van der Waals surface area contributed by atoms with Gasteiger partial charge >= 0.3 is 5.97 Å². The Morgan fingerprint density at radius 1 is 0.744 bits per heavy atom. The third kappa shape index (κ3) is 10.3. The Labute approximate surface area is 224 Å². The number of hydrogen-bond donors (Lipinski definition) is 8. The van der Waals surface area contributed by atoms with Crippen molar-refractivity contribution in [2.75, 3.05) is 0 Å². The largest absolute Gasteiger partial charge is 0.508 e. The molecule has 10 N–H and O–H groups in total. The van der Waals surface area contributed by atoms with Gasteiger partial charge in [0.2, 0.25) is 23.6 Å². The third-order valence-corrected chi connectivity index (χ3v) is 5.78. The lowest BCUT2D eigenvalue weighted by molar-refractivity contribution is -0.142. The number of nitrogens with one attached hydrogen (secondary N) is 3. The van der Waals surface area contributed by atoms with E-state index in [0.29, 0.717) is 11.1 Å². The minimum absolute atomic E-state index is 0.0128. The number of benzene rings is 2. The number of carbonyl (C=O) groups is 5. The molecule has 0 bridgehead atoms. The fourth-order valence-corrected chi connectivity index (χ4v) is 3.55. The molecular formula is C26H33N5O8. The maximum Gasteiger partial charge on any atom is 0.326 e. The number of phenolic OH excluding ortho intramolecular Hbond substituents is 2. The highest BCUT2D eigenvalue weighted by Gasteiger charge is 2.29. The number of carbonyl (C=O) groups excluding carboxylic acids is 4. The van der Waals surface area contributed by atoms with Crippen molar-refractivity contribution >= 4 is 29.6 Å². The van der Waals surface area contributed by atoms with E-state index in [2.05, 4.69) is 16.0 Å². The summed E-state index contributed by atoms with van der Waals surface area (Å²) in [5, 5.41) is 35.6. The molecule has 2 aromatic rings. The molecule has 210 valence electrons. The quantitative estimate of drug-likeness (QED) is 0.146. The number of phenols is 2. The summed E-state index contributed by atoms with van der Waals surface area (Å²) in [6.07, 6.45) is -0.448. The molecule has 4 amide bonds. The topological polar surface area (TPSA) is 234 Å². The van der Waals surface area contributed by atoms with Crippen LogP contribution in [0.5, 0.6) is 11.5 Å². The van der Waals surface area contributed by atoms with E-state index in [-0.39, 0.29) is 37.2 Å². The Morgan fingerprint density at radius 3 is 1.72 bits per heavy atom. The fraction of sp³-hybridized carbons (Fsp3) is 0.346. The number of primary amides is 1. The second-order valence-corrected chi connectivity index (χ2v) is 9.04. The number of amides is 4. The van der Waals surface area contributed by atoms with E-state index in [1.807, 2.05) is 0 Å². The number of aromatic hydroxyl groups is 2. The molecule has 0 aromatic heterocycles. The van der Waals surface area contributed by atoms with Crippen LogP contribution in [-0.2, 0) is 36.8 Å². The number of carboxylic acids is 1. The van der Waals surface area contributed by atoms with Crippen molar-refractivity contribution in [3.05, 3.63) is 59.7 Å². The summed E-state index contributed by atoms with van der Waals surface area (Å²) >= 11 is 0. The van der Waals surface area contributed by atoms with Gasteiger partial charge in [-0.1, -0.05) is 24.3 Å². The van der Waals surface area contributed by atoms with Crippen LogP contribution in [0.2, 0.25) is 0 Å². The Kier molecular flexibility index (Phi) is 11.2. The molecule has 0 aliphatic rings. The fourth-order valence-electron chi connectivity index (χ4n) is 3.55. The van der Waals surface area contributed by atoms with E-state index in [1.54, 1.807) is 12.1 Å². The first-order chi connectivity index (χ1) is 18.3. The van der Waals surface area contributed by atoms with Gasteiger partial charge in [0, 0.05) is 12.8 Å². The van der Waals surface area contributed by atoms with Crippen LogP contribution in [0.15, 0.2) is 48.5 Å². The first-order valence-corrected chi connectivity index (χ1v) is 12.1. The zero-order valence-electron chi connectivity index (χ0n) is 21.3. The zero-order chi connectivity index (χ0) is 29.1. The molecule has 0 radical (unpaired) electrons. The normalized spacial score (nSPS) is 13.8. The molecule has 0 aliphatic heterocycles. The van der Waals surface area contributed by atoms with E-state index in [1.165, 1.54) is 43.3 Å². The molecule has 13 nitrogen and oxygen atoms in total. The lowest BCUT2D eigenvalue weighted by Gasteiger charge is -2.24. The number of nitrogens with two attached hydrogens (primary N) is 2. The average molecular weight is 544 g/mol. The molecule has 13 heteroatoms. The van der Waals surface area contributed by atoms with Crippen molar-refractivity contribution in [1.29, 1.82) is 0 Å². The Hall–Kier alpha value is -4.65. The van der Waals surface area contributed by atoms with Gasteiger partial charge in [0.05, 0.1) is 6.04 Å². The summed E-state index contributed by atoms with van der Waals surface area (Å²) in [5.41, 5.74) is 12.3. The van der Waals surface area contributed by atoms with Gasteiger partial charge in [-0.3, -0.25) is 19.2 Å². The number of hydrogen-bond acceptors (Lipinski definition) is 8. The monoisotopic (exact) mass is 543 g/mol. The maximum atomic E-state index is 13.0. The van der Waals surface area contributed by atoms with E-state index < -0.39 is 53.8 Å². The van der Waals surface area contributed by atoms with Crippen LogP contribution >= 0.6 is 0 Å². The van der Waals surface area contributed by atoms with Crippen molar-refractivity contribution in [3.63, 3.8) is 0 Å². The molecule has 0 fully saturated rings. The first kappa shape index (κ1) is 30.6. The van der Waals surface area contributed by atoms with Crippen molar-refractivity contribution in [2.24, 2.45) is 11.5 Å². The Balaban J connectivity index is 2.09. The highest BCUT2D eigenvalue weighted by molar-refractivity contribution is 5.94. The van der Waals surface area contributed by atoms with Crippen molar-refractivity contribution < 1.29 is 39.3 Å². The molecule has 0 spiro atoms. The molecule has 0 heterocycles. The standard InChI is InChI=1S/C26H33N5O8/c1-14(29-24(36)19(27)12-15-2-6-17(32)7-3-15)23(35)31-21(13-16-4-8-18(33)9-5-16)25(37)30-20(26(38)39)10-11-22(28)34/h2-9,14,19-21,32-33H,10-13,27H2,1H3,(H2,28,34)(H,29,36)(H,30,37)(H,31,35)(H,38,39). The number of rotatable bonds is 14. The van der Waals surface area contributed by atoms with E-state index >= 15 is 0 Å². The minimum Gasteiger partial charge on any atom is -0.508 e. The summed E-state index contributed by atoms with van der Waals surface area (Å²) in [7, 11) is 0. The van der Waals surface area contributed by atoms with Gasteiger partial charge in [-0.2, -0.15) is 0 Å². The predicted octanol–water partition coefficient (Wildman–Crippen LogP) is -0.965. The molecule has 39 heavy (non-hydrogen) atoms. The lowest BCUT2D eigenvalue weighted by atomic mass is 10.0. The van der Waals surface area contributed by atoms with E-state index in [9.17, 15) is 39.3 Å². The Morgan fingerprint density at radius 2 is 1.23 bits per heavy atom. The average Bonchev–Trinajstić information content (AvgIpc) is 2.88. The highest BCUT2D eigenvalue weighted by atomic mass is 16.4. The van der Waals surface area contributed by atoms with E-state index in [0.717, 1.165) is 0 Å². The molecule has 0 aliphatic carbocycles. The predicted molar refractivity (Wildman–Crippen MR) is 139 cm³/mol. The van der Waals surface area contributed by atoms with Gasteiger partial charge in [0.1, 0.15) is 29.6 Å². The van der Waals surface area contributed by atoms with Crippen LogP contribution in [-0.4, -0.2) is 69.1 Å². The van der Waals surface area contributed by atoms with Gasteiger partial charge in [-0.25, -0.2) is 4.79 Å². The molecule has 4 atom stereocenters. The van der Waals surface area contributed by atoms with Crippen molar-refractivity contribution in [3.8, 4) is 11.5 Å². The van der Waals surface area contributed by atoms with Gasteiger partial charge in [-0.15, -0.1) is 0 Å². The van der Waals surface area contributed by atoms with Gasteiger partial charge < -0.3 is 42.7 Å². The summed E-state index contributed by atoms with van der Waals surface area (Å²) < 4.78 is 0. The van der Waals surface area contributed by atoms with Gasteiger partial charge in [0.25, 0.3) is 0 Å². The molecule has 4 unspecified atom stereocenters. The first-order valence-electron chi connectivity index (χ1n) is 12.1. The molecule has 0 saturated carbocycles. The Bertz CT molecular complexity index is 1170. The van der Waals surface area contributed by atoms with Crippen molar-refractivity contribution in [2.45, 2.75) is 56.8 Å². The summed E-state index contributed by atoms with van der Waals surface area (Å²) in [6, 6.07) is 7.16. The summed E-state index contributed by atoms with van der Waals surface area (Å²) in [5.74, 6) is -4.27. The SMILES string of the molecule is CC(NC(=O)C(N)Cc1ccc(O)cc1)C(=O)NC(Cc1ccc(O)cc1)C(=O)NC(CCC(N)=O)C(=O)O. The smallest absolute Gasteiger partial charge is 0.326 e. The molecule has 2 rings (SSSR count). The van der Waals surface area contributed by atoms with E-state index in [4.69, 9.17) is 11.5 Å². The van der Waals surface area contributed by atoms with Gasteiger partial charge in [-0.05, 0) is 55.2 Å². The lowest BCUT2D eigenvalue weighted by Crippen LogP contribution is -2.57. The maximum absolute atomic E-state index is 13.0. The molecular weight excluding hydrogens is 510 g/mol. The second kappa shape index (κ2) is 14.3. The van der Waals surface area contributed by atoms with Crippen LogP contribution in [0.3, 0.4) is 0 Å². The van der Waals surface area contributed by atoms with Gasteiger partial charge in [0.15, 0.2) is 0 Å².